The van der Waals surface area contributed by atoms with E-state index in [2.05, 4.69) is 37.3 Å². The maximum Gasteiger partial charge on any atom is 0.226 e. The molecule has 0 aromatic carbocycles. The number of rotatable bonds is 5. The maximum atomic E-state index is 12.0. The Hall–Kier alpha value is -1.58. The average molecular weight is 275 g/mol. The molecule has 2 heterocycles. The van der Waals surface area contributed by atoms with E-state index in [1.807, 2.05) is 11.6 Å². The number of aromatic nitrogens is 2. The maximum absolute atomic E-state index is 12.0. The number of amides is 1. The summed E-state index contributed by atoms with van der Waals surface area (Å²) in [4.78, 5) is 12.0. The molecule has 1 N–H and O–H groups in total. The minimum absolute atomic E-state index is 0.101. The van der Waals surface area contributed by atoms with Gasteiger partial charge in [-0.25, -0.2) is 4.68 Å². The third-order valence-electron chi connectivity index (χ3n) is 3.97. The van der Waals surface area contributed by atoms with Crippen molar-refractivity contribution in [3.63, 3.8) is 0 Å². The first-order valence-electron chi connectivity index (χ1n) is 7.62. The molecule has 0 aliphatic carbocycles. The monoisotopic (exact) mass is 275 g/mol. The third-order valence-corrected chi connectivity index (χ3v) is 3.97. The van der Waals surface area contributed by atoms with Gasteiger partial charge in [0.15, 0.2) is 0 Å². The molecule has 1 aliphatic rings. The van der Waals surface area contributed by atoms with Crippen molar-refractivity contribution in [1.29, 1.82) is 0 Å². The van der Waals surface area contributed by atoms with Gasteiger partial charge in [0.05, 0.1) is 5.69 Å². The average Bonchev–Trinajstić information content (AvgIpc) is 2.72. The second-order valence-corrected chi connectivity index (χ2v) is 5.59. The Morgan fingerprint density at radius 3 is 2.90 bits per heavy atom. The number of nitrogens with zero attached hydrogens (tertiary/aromatic N) is 2. The molecule has 0 radical (unpaired) electrons. The summed E-state index contributed by atoms with van der Waals surface area (Å²) in [5.74, 6) is 1.21. The minimum atomic E-state index is 0.101. The first-order chi connectivity index (χ1) is 9.58. The van der Waals surface area contributed by atoms with Crippen LogP contribution in [-0.4, -0.2) is 15.7 Å². The second kappa shape index (κ2) is 6.25. The molecule has 1 atom stereocenters. The Kier molecular flexibility index (Phi) is 4.63. The van der Waals surface area contributed by atoms with E-state index in [4.69, 9.17) is 0 Å². The van der Waals surface area contributed by atoms with Gasteiger partial charge in [-0.3, -0.25) is 4.79 Å². The highest BCUT2D eigenvalue weighted by Gasteiger charge is 2.31. The first-order valence-corrected chi connectivity index (χ1v) is 7.62. The van der Waals surface area contributed by atoms with Crippen LogP contribution in [0, 0.1) is 6.92 Å². The van der Waals surface area contributed by atoms with E-state index in [0.29, 0.717) is 6.42 Å². The number of carbonyl (C=O) groups excluding carboxylic acids is 1. The predicted octanol–water partition coefficient (Wildman–Crippen LogP) is 3.77. The van der Waals surface area contributed by atoms with Gasteiger partial charge in [-0.05, 0) is 26.7 Å². The van der Waals surface area contributed by atoms with E-state index in [-0.39, 0.29) is 11.8 Å². The zero-order chi connectivity index (χ0) is 14.7. The first kappa shape index (κ1) is 14.8. The van der Waals surface area contributed by atoms with Crippen LogP contribution in [0.3, 0.4) is 0 Å². The molecule has 4 heteroatoms. The Balaban J connectivity index is 2.42. The molecule has 2 rings (SSSR count). The fourth-order valence-corrected chi connectivity index (χ4v) is 2.94. The van der Waals surface area contributed by atoms with Gasteiger partial charge < -0.3 is 5.32 Å². The van der Waals surface area contributed by atoms with E-state index in [9.17, 15) is 4.79 Å². The zero-order valence-electron chi connectivity index (χ0n) is 13.0. The fourth-order valence-electron chi connectivity index (χ4n) is 2.94. The lowest BCUT2D eigenvalue weighted by molar-refractivity contribution is -0.116. The molecule has 0 fully saturated rings. The summed E-state index contributed by atoms with van der Waals surface area (Å²) in [6.07, 6.45) is 5.96. The number of hydrogen-bond donors (Lipinski definition) is 1. The van der Waals surface area contributed by atoms with Crippen LogP contribution in [0.25, 0.3) is 0 Å². The molecule has 1 aromatic heterocycles. The Bertz CT molecular complexity index is 528. The summed E-state index contributed by atoms with van der Waals surface area (Å²) in [5, 5.41) is 7.65. The largest absolute Gasteiger partial charge is 0.311 e. The zero-order valence-corrected chi connectivity index (χ0v) is 13.0. The van der Waals surface area contributed by atoms with Crippen molar-refractivity contribution < 1.29 is 4.79 Å². The summed E-state index contributed by atoms with van der Waals surface area (Å²) < 4.78 is 1.97. The third kappa shape index (κ3) is 2.79. The predicted molar refractivity (Wildman–Crippen MR) is 81.9 cm³/mol. The second-order valence-electron chi connectivity index (χ2n) is 5.59. The molecule has 1 amide bonds. The number of anilines is 1. The van der Waals surface area contributed by atoms with Gasteiger partial charge in [-0.1, -0.05) is 31.9 Å². The van der Waals surface area contributed by atoms with E-state index in [0.717, 1.165) is 37.3 Å². The molecule has 20 heavy (non-hydrogen) atoms. The summed E-state index contributed by atoms with van der Waals surface area (Å²) in [6, 6.07) is 0. The van der Waals surface area contributed by atoms with Gasteiger partial charge >= 0.3 is 0 Å². The molecular weight excluding hydrogens is 250 g/mol. The van der Waals surface area contributed by atoms with E-state index < -0.39 is 0 Å². The number of fused-ring (bicyclic) bond motifs is 1. The van der Waals surface area contributed by atoms with Crippen LogP contribution in [0.4, 0.5) is 5.82 Å². The highest BCUT2D eigenvalue weighted by atomic mass is 16.1. The van der Waals surface area contributed by atoms with E-state index >= 15 is 0 Å². The molecule has 110 valence electrons. The van der Waals surface area contributed by atoms with Crippen molar-refractivity contribution in [2.24, 2.45) is 0 Å². The lowest BCUT2D eigenvalue weighted by Gasteiger charge is -2.25. The molecule has 1 aromatic rings. The topological polar surface area (TPSA) is 46.9 Å². The van der Waals surface area contributed by atoms with Crippen LogP contribution >= 0.6 is 0 Å². The highest BCUT2D eigenvalue weighted by molar-refractivity contribution is 5.94. The van der Waals surface area contributed by atoms with E-state index in [1.165, 1.54) is 11.1 Å². The number of hydrogen-bond acceptors (Lipinski definition) is 2. The standard InChI is InChI=1S/C16H25N3O/c1-5-7-9-19-16-15(12(4)18-19)13(10-14(20)17-16)11(3)8-6-2/h8,13H,5-7,9-10H2,1-4H3,(H,17,20)/b11-8+/t13-/m1/s1. The van der Waals surface area contributed by atoms with Gasteiger partial charge in [0.2, 0.25) is 5.91 Å². The van der Waals surface area contributed by atoms with Gasteiger partial charge in [-0.15, -0.1) is 0 Å². The van der Waals surface area contributed by atoms with Crippen LogP contribution in [0.5, 0.6) is 0 Å². The van der Waals surface area contributed by atoms with Crippen molar-refractivity contribution in [3.8, 4) is 0 Å². The number of allylic oxidation sites excluding steroid dienone is 2. The molecular formula is C16H25N3O. The number of carbonyl (C=O) groups is 1. The fraction of sp³-hybridized carbons (Fsp3) is 0.625. The summed E-state index contributed by atoms with van der Waals surface area (Å²) in [7, 11) is 0. The van der Waals surface area contributed by atoms with Crippen molar-refractivity contribution >= 4 is 11.7 Å². The normalized spacial score (nSPS) is 18.9. The molecule has 4 nitrogen and oxygen atoms in total. The van der Waals surface area contributed by atoms with Crippen LogP contribution in [0.15, 0.2) is 11.6 Å². The Labute approximate surface area is 121 Å². The van der Waals surface area contributed by atoms with Gasteiger partial charge in [0.1, 0.15) is 5.82 Å². The highest BCUT2D eigenvalue weighted by Crippen LogP contribution is 2.39. The molecule has 0 bridgehead atoms. The molecule has 0 spiro atoms. The van der Waals surface area contributed by atoms with Crippen LogP contribution in [-0.2, 0) is 11.3 Å². The van der Waals surface area contributed by atoms with Crippen LogP contribution < -0.4 is 5.32 Å². The lowest BCUT2D eigenvalue weighted by Crippen LogP contribution is -2.25. The van der Waals surface area contributed by atoms with Gasteiger partial charge in [0.25, 0.3) is 0 Å². The van der Waals surface area contributed by atoms with Crippen LogP contribution in [0.1, 0.15) is 63.6 Å². The van der Waals surface area contributed by atoms with Crippen LogP contribution in [0.2, 0.25) is 0 Å². The van der Waals surface area contributed by atoms with Crippen molar-refractivity contribution in [2.45, 2.75) is 65.8 Å². The van der Waals surface area contributed by atoms with Crippen molar-refractivity contribution in [1.82, 2.24) is 9.78 Å². The summed E-state index contributed by atoms with van der Waals surface area (Å²) in [5.41, 5.74) is 3.54. The number of nitrogens with one attached hydrogen (secondary N) is 1. The minimum Gasteiger partial charge on any atom is -0.311 e. The Morgan fingerprint density at radius 1 is 1.50 bits per heavy atom. The molecule has 1 aliphatic heterocycles. The molecule has 0 unspecified atom stereocenters. The smallest absolute Gasteiger partial charge is 0.226 e. The number of aryl methyl sites for hydroxylation is 2. The quantitative estimate of drug-likeness (QED) is 0.831. The molecule has 0 saturated carbocycles. The molecule has 0 saturated heterocycles. The summed E-state index contributed by atoms with van der Waals surface area (Å²) >= 11 is 0. The summed E-state index contributed by atoms with van der Waals surface area (Å²) in [6.45, 7) is 9.34. The number of unbranched alkanes of at least 4 members (excludes halogenated alkanes) is 1. The van der Waals surface area contributed by atoms with Gasteiger partial charge in [-0.2, -0.15) is 5.10 Å². The van der Waals surface area contributed by atoms with Crippen molar-refractivity contribution in [3.05, 3.63) is 22.9 Å². The van der Waals surface area contributed by atoms with E-state index in [1.54, 1.807) is 0 Å². The SMILES string of the molecule is CC/C=C(\C)[C@H]1CC(=O)Nc2c1c(C)nn2CCCC. The van der Waals surface area contributed by atoms with Gasteiger partial charge in [0, 0.05) is 24.4 Å². The van der Waals surface area contributed by atoms with Crippen molar-refractivity contribution in [2.75, 3.05) is 5.32 Å². The lowest BCUT2D eigenvalue weighted by atomic mass is 9.86. The Morgan fingerprint density at radius 2 is 2.25 bits per heavy atom.